The third-order valence-electron chi connectivity index (χ3n) is 2.66. The van der Waals surface area contributed by atoms with Gasteiger partial charge in [-0.15, -0.1) is 0 Å². The SMILES string of the molecule is COc1ccccc1Sc1ccc(/C=C/C(=O)O)cc1Cl. The van der Waals surface area contributed by atoms with Gasteiger partial charge in [0.1, 0.15) is 5.75 Å². The fraction of sp³-hybridized carbons (Fsp3) is 0.0625. The van der Waals surface area contributed by atoms with Gasteiger partial charge in [0, 0.05) is 11.0 Å². The second kappa shape index (κ2) is 7.20. The molecular formula is C16H13ClO3S. The average molecular weight is 321 g/mol. The topological polar surface area (TPSA) is 46.5 Å². The van der Waals surface area contributed by atoms with E-state index < -0.39 is 5.97 Å². The second-order valence-corrected chi connectivity index (χ2v) is 5.61. The van der Waals surface area contributed by atoms with Gasteiger partial charge in [0.05, 0.1) is 17.0 Å². The van der Waals surface area contributed by atoms with Gasteiger partial charge in [-0.3, -0.25) is 0 Å². The molecule has 2 aromatic carbocycles. The largest absolute Gasteiger partial charge is 0.496 e. The first-order valence-electron chi connectivity index (χ1n) is 6.11. The Morgan fingerprint density at radius 1 is 1.24 bits per heavy atom. The van der Waals surface area contributed by atoms with Gasteiger partial charge in [0.25, 0.3) is 0 Å². The molecule has 0 unspecified atom stereocenters. The number of benzene rings is 2. The third-order valence-corrected chi connectivity index (χ3v) is 4.22. The van der Waals surface area contributed by atoms with Crippen LogP contribution in [0.15, 0.2) is 58.3 Å². The van der Waals surface area contributed by atoms with Crippen LogP contribution in [-0.2, 0) is 4.79 Å². The number of carbonyl (C=O) groups is 1. The molecule has 108 valence electrons. The van der Waals surface area contributed by atoms with Crippen molar-refractivity contribution in [1.82, 2.24) is 0 Å². The Hall–Kier alpha value is -1.91. The predicted octanol–water partition coefficient (Wildman–Crippen LogP) is 4.60. The van der Waals surface area contributed by atoms with Crippen LogP contribution in [0.1, 0.15) is 5.56 Å². The summed E-state index contributed by atoms with van der Waals surface area (Å²) in [4.78, 5) is 12.3. The molecule has 21 heavy (non-hydrogen) atoms. The van der Waals surface area contributed by atoms with Gasteiger partial charge in [-0.25, -0.2) is 4.79 Å². The summed E-state index contributed by atoms with van der Waals surface area (Å²) in [6.45, 7) is 0. The number of halogens is 1. The molecule has 0 bridgehead atoms. The Morgan fingerprint density at radius 2 is 2.00 bits per heavy atom. The zero-order valence-corrected chi connectivity index (χ0v) is 12.8. The number of para-hydroxylation sites is 1. The van der Waals surface area contributed by atoms with E-state index in [0.29, 0.717) is 5.02 Å². The van der Waals surface area contributed by atoms with Crippen molar-refractivity contribution in [2.24, 2.45) is 0 Å². The third kappa shape index (κ3) is 4.28. The molecule has 0 aliphatic heterocycles. The fourth-order valence-electron chi connectivity index (χ4n) is 1.69. The predicted molar refractivity (Wildman–Crippen MR) is 85.2 cm³/mol. The maximum absolute atomic E-state index is 10.5. The molecule has 0 radical (unpaired) electrons. The van der Waals surface area contributed by atoms with E-state index in [1.807, 2.05) is 36.4 Å². The Labute approximate surface area is 132 Å². The molecule has 0 spiro atoms. The number of hydrogen-bond donors (Lipinski definition) is 1. The van der Waals surface area contributed by atoms with Gasteiger partial charge in [-0.1, -0.05) is 41.6 Å². The van der Waals surface area contributed by atoms with Gasteiger partial charge in [0.2, 0.25) is 0 Å². The minimum atomic E-state index is -0.987. The number of methoxy groups -OCH3 is 1. The summed E-state index contributed by atoms with van der Waals surface area (Å²) < 4.78 is 5.31. The molecule has 0 heterocycles. The van der Waals surface area contributed by atoms with Crippen molar-refractivity contribution in [1.29, 1.82) is 0 Å². The van der Waals surface area contributed by atoms with E-state index in [1.165, 1.54) is 17.8 Å². The molecule has 0 aliphatic carbocycles. The van der Waals surface area contributed by atoms with E-state index in [0.717, 1.165) is 27.2 Å². The van der Waals surface area contributed by atoms with E-state index >= 15 is 0 Å². The quantitative estimate of drug-likeness (QED) is 0.818. The summed E-state index contributed by atoms with van der Waals surface area (Å²) >= 11 is 7.75. The summed E-state index contributed by atoms with van der Waals surface area (Å²) in [7, 11) is 1.63. The first-order valence-corrected chi connectivity index (χ1v) is 7.31. The highest BCUT2D eigenvalue weighted by atomic mass is 35.5. The average Bonchev–Trinajstić information content (AvgIpc) is 2.48. The molecule has 2 rings (SSSR count). The van der Waals surface area contributed by atoms with Gasteiger partial charge in [-0.2, -0.15) is 0 Å². The maximum atomic E-state index is 10.5. The van der Waals surface area contributed by atoms with Crippen LogP contribution in [0.2, 0.25) is 5.02 Å². The van der Waals surface area contributed by atoms with Gasteiger partial charge in [0.15, 0.2) is 0 Å². The van der Waals surface area contributed by atoms with Crippen molar-refractivity contribution in [3.05, 3.63) is 59.1 Å². The molecule has 0 fully saturated rings. The number of carboxylic acid groups (broad SMARTS) is 1. The van der Waals surface area contributed by atoms with Crippen molar-refractivity contribution >= 4 is 35.4 Å². The molecule has 3 nitrogen and oxygen atoms in total. The lowest BCUT2D eigenvalue weighted by molar-refractivity contribution is -0.131. The first-order chi connectivity index (χ1) is 10.1. The highest BCUT2D eigenvalue weighted by molar-refractivity contribution is 7.99. The molecule has 2 aromatic rings. The lowest BCUT2D eigenvalue weighted by Gasteiger charge is -2.09. The van der Waals surface area contributed by atoms with Crippen molar-refractivity contribution in [3.63, 3.8) is 0 Å². The lowest BCUT2D eigenvalue weighted by atomic mass is 10.2. The highest BCUT2D eigenvalue weighted by Crippen LogP contribution is 2.38. The Kier molecular flexibility index (Phi) is 5.31. The minimum absolute atomic E-state index is 0.568. The van der Waals surface area contributed by atoms with Crippen LogP contribution in [0, 0.1) is 0 Å². The van der Waals surface area contributed by atoms with E-state index in [-0.39, 0.29) is 0 Å². The molecular weight excluding hydrogens is 308 g/mol. The standard InChI is InChI=1S/C16H13ClO3S/c1-20-13-4-2-3-5-15(13)21-14-8-6-11(10-12(14)17)7-9-16(18)19/h2-10H,1H3,(H,18,19)/b9-7+. The van der Waals surface area contributed by atoms with Crippen molar-refractivity contribution < 1.29 is 14.6 Å². The number of aliphatic carboxylic acids is 1. The van der Waals surface area contributed by atoms with Crippen molar-refractivity contribution in [2.75, 3.05) is 7.11 Å². The molecule has 0 atom stereocenters. The lowest BCUT2D eigenvalue weighted by Crippen LogP contribution is -1.87. The van der Waals surface area contributed by atoms with Gasteiger partial charge < -0.3 is 9.84 Å². The normalized spacial score (nSPS) is 10.8. The van der Waals surface area contributed by atoms with Crippen LogP contribution in [-0.4, -0.2) is 18.2 Å². The van der Waals surface area contributed by atoms with Crippen molar-refractivity contribution in [3.8, 4) is 5.75 Å². The summed E-state index contributed by atoms with van der Waals surface area (Å²) in [6, 6.07) is 13.1. The monoisotopic (exact) mass is 320 g/mol. The van der Waals surface area contributed by atoms with Crippen LogP contribution in [0.3, 0.4) is 0 Å². The fourth-order valence-corrected chi connectivity index (χ4v) is 2.93. The van der Waals surface area contributed by atoms with Crippen LogP contribution in [0.4, 0.5) is 0 Å². The molecule has 5 heteroatoms. The van der Waals surface area contributed by atoms with Crippen molar-refractivity contribution in [2.45, 2.75) is 9.79 Å². The van der Waals surface area contributed by atoms with Crippen LogP contribution in [0.25, 0.3) is 6.08 Å². The summed E-state index contributed by atoms with van der Waals surface area (Å²) in [5.74, 6) is -0.202. The van der Waals surface area contributed by atoms with Crippen LogP contribution < -0.4 is 4.74 Å². The summed E-state index contributed by atoms with van der Waals surface area (Å²) in [5.41, 5.74) is 0.742. The zero-order valence-electron chi connectivity index (χ0n) is 11.2. The van der Waals surface area contributed by atoms with E-state index in [4.69, 9.17) is 21.4 Å². The van der Waals surface area contributed by atoms with Crippen LogP contribution >= 0.6 is 23.4 Å². The number of ether oxygens (including phenoxy) is 1. The maximum Gasteiger partial charge on any atom is 0.328 e. The second-order valence-electron chi connectivity index (χ2n) is 4.11. The molecule has 0 aliphatic rings. The first kappa shape index (κ1) is 15.5. The number of rotatable bonds is 5. The van der Waals surface area contributed by atoms with E-state index in [1.54, 1.807) is 13.2 Å². The van der Waals surface area contributed by atoms with E-state index in [9.17, 15) is 4.79 Å². The molecule has 1 N–H and O–H groups in total. The molecule has 0 amide bonds. The molecule has 0 saturated heterocycles. The molecule has 0 aromatic heterocycles. The Bertz CT molecular complexity index is 683. The number of carboxylic acids is 1. The zero-order chi connectivity index (χ0) is 15.2. The van der Waals surface area contributed by atoms with Crippen LogP contribution in [0.5, 0.6) is 5.75 Å². The van der Waals surface area contributed by atoms with Gasteiger partial charge >= 0.3 is 5.97 Å². The van der Waals surface area contributed by atoms with Gasteiger partial charge in [-0.05, 0) is 35.9 Å². The molecule has 0 saturated carbocycles. The summed E-state index contributed by atoms with van der Waals surface area (Å²) in [5, 5.41) is 9.18. The number of hydrogen-bond acceptors (Lipinski definition) is 3. The van der Waals surface area contributed by atoms with E-state index in [2.05, 4.69) is 0 Å². The minimum Gasteiger partial charge on any atom is -0.496 e. The highest BCUT2D eigenvalue weighted by Gasteiger charge is 2.07. The Morgan fingerprint density at radius 3 is 2.67 bits per heavy atom. The smallest absolute Gasteiger partial charge is 0.328 e. The summed E-state index contributed by atoms with van der Waals surface area (Å²) in [6.07, 6.45) is 2.59. The Balaban J connectivity index is 2.23.